The third-order valence-corrected chi connectivity index (χ3v) is 5.01. The van der Waals surface area contributed by atoms with Crippen molar-refractivity contribution in [1.82, 2.24) is 0 Å². The number of aliphatic hydroxyl groups excluding tert-OH is 4. The van der Waals surface area contributed by atoms with E-state index in [0.29, 0.717) is 0 Å². The number of ether oxygens (including phenoxy) is 2. The van der Waals surface area contributed by atoms with Crippen LogP contribution in [-0.2, 0) is 4.74 Å². The van der Waals surface area contributed by atoms with Gasteiger partial charge in [0.05, 0.1) is 17.6 Å². The van der Waals surface area contributed by atoms with Crippen molar-refractivity contribution < 1.29 is 38.7 Å². The Hall–Kier alpha value is -2.82. The SMILES string of the molecule is O=c1c(-c2ccccc2F)coc2cc(O[C@H]3O[C@@H](CO)[C@H](O)[C@@H](O)[C@@H]3O)ccc12. The molecule has 0 bridgehead atoms. The molecule has 8 nitrogen and oxygen atoms in total. The van der Waals surface area contributed by atoms with Gasteiger partial charge in [0.1, 0.15) is 47.8 Å². The van der Waals surface area contributed by atoms with Gasteiger partial charge >= 0.3 is 0 Å². The molecule has 0 amide bonds. The fraction of sp³-hybridized carbons (Fsp3) is 0.286. The van der Waals surface area contributed by atoms with Gasteiger partial charge in [-0.05, 0) is 18.2 Å². The van der Waals surface area contributed by atoms with Crippen LogP contribution in [0.15, 0.2) is 57.9 Å². The summed E-state index contributed by atoms with van der Waals surface area (Å²) in [6, 6.07) is 10.1. The molecule has 0 aliphatic carbocycles. The second kappa shape index (κ2) is 8.13. The zero-order valence-electron chi connectivity index (χ0n) is 15.5. The molecule has 2 aromatic carbocycles. The lowest BCUT2D eigenvalue weighted by atomic mass is 9.99. The van der Waals surface area contributed by atoms with Crippen LogP contribution in [-0.4, -0.2) is 57.7 Å². The largest absolute Gasteiger partial charge is 0.463 e. The number of aliphatic hydroxyl groups is 4. The van der Waals surface area contributed by atoms with E-state index < -0.39 is 48.6 Å². The molecule has 4 rings (SSSR count). The smallest absolute Gasteiger partial charge is 0.229 e. The van der Waals surface area contributed by atoms with Gasteiger partial charge in [-0.3, -0.25) is 4.79 Å². The van der Waals surface area contributed by atoms with E-state index in [1.807, 2.05) is 0 Å². The molecule has 3 aromatic rings. The van der Waals surface area contributed by atoms with Gasteiger partial charge in [0.15, 0.2) is 0 Å². The average Bonchev–Trinajstić information content (AvgIpc) is 2.75. The summed E-state index contributed by atoms with van der Waals surface area (Å²) < 4.78 is 30.4. The Morgan fingerprint density at radius 3 is 2.50 bits per heavy atom. The van der Waals surface area contributed by atoms with Gasteiger partial charge in [-0.1, -0.05) is 18.2 Å². The standard InChI is InChI=1S/C21H19FO8/c22-14-4-2-1-3-11(14)13-9-28-15-7-10(5-6-12(15)17(13)24)29-21-20(27)19(26)18(25)16(8-23)30-21/h1-7,9,16,18-21,23,25-27H,8H2/t16-,18-,19+,20-,21-/m0/s1. The molecule has 5 atom stereocenters. The summed E-state index contributed by atoms with van der Waals surface area (Å²) in [4.78, 5) is 12.8. The molecule has 0 unspecified atom stereocenters. The van der Waals surface area contributed by atoms with Crippen molar-refractivity contribution in [1.29, 1.82) is 0 Å². The monoisotopic (exact) mass is 418 g/mol. The highest BCUT2D eigenvalue weighted by atomic mass is 19.1. The Balaban J connectivity index is 1.64. The molecule has 1 aliphatic rings. The number of halogens is 1. The first kappa shape index (κ1) is 20.5. The van der Waals surface area contributed by atoms with E-state index in [4.69, 9.17) is 13.9 Å². The lowest BCUT2D eigenvalue weighted by molar-refractivity contribution is -0.277. The average molecular weight is 418 g/mol. The maximum absolute atomic E-state index is 14.0. The van der Waals surface area contributed by atoms with Crippen molar-refractivity contribution in [3.05, 3.63) is 64.8 Å². The van der Waals surface area contributed by atoms with Gasteiger partial charge in [0.2, 0.25) is 11.7 Å². The number of rotatable bonds is 4. The van der Waals surface area contributed by atoms with E-state index in [2.05, 4.69) is 0 Å². The zero-order chi connectivity index (χ0) is 21.4. The lowest BCUT2D eigenvalue weighted by Gasteiger charge is -2.39. The topological polar surface area (TPSA) is 130 Å². The van der Waals surface area contributed by atoms with E-state index in [1.165, 1.54) is 36.4 Å². The molecule has 30 heavy (non-hydrogen) atoms. The summed E-state index contributed by atoms with van der Waals surface area (Å²) in [5.74, 6) is -0.402. The van der Waals surface area contributed by atoms with Crippen molar-refractivity contribution in [2.45, 2.75) is 30.7 Å². The molecule has 2 heterocycles. The lowest BCUT2D eigenvalue weighted by Crippen LogP contribution is -2.60. The molecular formula is C21H19FO8. The fourth-order valence-electron chi connectivity index (χ4n) is 3.35. The van der Waals surface area contributed by atoms with Crippen LogP contribution in [0.25, 0.3) is 22.1 Å². The Bertz CT molecular complexity index is 1110. The highest BCUT2D eigenvalue weighted by Gasteiger charge is 2.44. The molecule has 1 saturated heterocycles. The van der Waals surface area contributed by atoms with E-state index in [9.17, 15) is 29.6 Å². The Morgan fingerprint density at radius 1 is 1.00 bits per heavy atom. The van der Waals surface area contributed by atoms with Crippen LogP contribution >= 0.6 is 0 Å². The van der Waals surface area contributed by atoms with Crippen LogP contribution in [0.1, 0.15) is 0 Å². The van der Waals surface area contributed by atoms with E-state index in [1.54, 1.807) is 6.07 Å². The van der Waals surface area contributed by atoms with Gasteiger partial charge in [-0.2, -0.15) is 0 Å². The molecule has 1 aliphatic heterocycles. The third kappa shape index (κ3) is 3.57. The van der Waals surface area contributed by atoms with E-state index in [-0.39, 0.29) is 27.8 Å². The third-order valence-electron chi connectivity index (χ3n) is 5.01. The van der Waals surface area contributed by atoms with Crippen LogP contribution in [0.3, 0.4) is 0 Å². The summed E-state index contributed by atoms with van der Waals surface area (Å²) in [6.45, 7) is -0.587. The molecule has 0 radical (unpaired) electrons. The van der Waals surface area contributed by atoms with Gasteiger partial charge in [-0.25, -0.2) is 4.39 Å². The minimum Gasteiger partial charge on any atom is -0.463 e. The predicted molar refractivity (Wildman–Crippen MR) is 102 cm³/mol. The van der Waals surface area contributed by atoms with Crippen LogP contribution in [0.2, 0.25) is 0 Å². The van der Waals surface area contributed by atoms with Crippen molar-refractivity contribution in [3.8, 4) is 16.9 Å². The Kier molecular flexibility index (Phi) is 5.54. The van der Waals surface area contributed by atoms with Crippen molar-refractivity contribution in [3.63, 3.8) is 0 Å². The predicted octanol–water partition coefficient (Wildman–Crippen LogP) is 0.778. The minimum absolute atomic E-state index is 0.0724. The van der Waals surface area contributed by atoms with Gasteiger partial charge in [0.25, 0.3) is 0 Å². The summed E-state index contributed by atoms with van der Waals surface area (Å²) in [7, 11) is 0. The summed E-state index contributed by atoms with van der Waals surface area (Å²) >= 11 is 0. The number of hydrogen-bond donors (Lipinski definition) is 4. The molecule has 1 aromatic heterocycles. The number of hydrogen-bond acceptors (Lipinski definition) is 8. The fourth-order valence-corrected chi connectivity index (χ4v) is 3.35. The highest BCUT2D eigenvalue weighted by molar-refractivity contribution is 5.82. The molecule has 1 fully saturated rings. The second-order valence-corrected chi connectivity index (χ2v) is 6.93. The molecule has 158 valence electrons. The van der Waals surface area contributed by atoms with Gasteiger partial charge in [-0.15, -0.1) is 0 Å². The molecule has 0 saturated carbocycles. The van der Waals surface area contributed by atoms with Crippen LogP contribution in [0, 0.1) is 5.82 Å². The van der Waals surface area contributed by atoms with Crippen molar-refractivity contribution in [2.24, 2.45) is 0 Å². The first-order chi connectivity index (χ1) is 14.4. The minimum atomic E-state index is -1.58. The molecular weight excluding hydrogens is 399 g/mol. The van der Waals surface area contributed by atoms with Gasteiger partial charge in [0, 0.05) is 11.6 Å². The Morgan fingerprint density at radius 2 is 1.77 bits per heavy atom. The summed E-state index contributed by atoms with van der Waals surface area (Å²) in [6.07, 6.45) is -5.99. The van der Waals surface area contributed by atoms with Crippen LogP contribution < -0.4 is 10.2 Å². The van der Waals surface area contributed by atoms with Crippen molar-refractivity contribution in [2.75, 3.05) is 6.61 Å². The summed E-state index contributed by atoms with van der Waals surface area (Å²) in [5, 5.41) is 39.2. The highest BCUT2D eigenvalue weighted by Crippen LogP contribution is 2.28. The maximum Gasteiger partial charge on any atom is 0.229 e. The maximum atomic E-state index is 14.0. The van der Waals surface area contributed by atoms with Gasteiger partial charge < -0.3 is 34.3 Å². The normalized spacial score (nSPS) is 26.6. The van der Waals surface area contributed by atoms with Crippen molar-refractivity contribution >= 4 is 11.0 Å². The summed E-state index contributed by atoms with van der Waals surface area (Å²) in [5.41, 5.74) is -0.0825. The molecule has 4 N–H and O–H groups in total. The quantitative estimate of drug-likeness (QED) is 0.489. The first-order valence-electron chi connectivity index (χ1n) is 9.18. The molecule has 9 heteroatoms. The number of fused-ring (bicyclic) bond motifs is 1. The second-order valence-electron chi connectivity index (χ2n) is 6.93. The van der Waals surface area contributed by atoms with Crippen LogP contribution in [0.4, 0.5) is 4.39 Å². The molecule has 0 spiro atoms. The number of benzene rings is 2. The van der Waals surface area contributed by atoms with Crippen LogP contribution in [0.5, 0.6) is 5.75 Å². The zero-order valence-corrected chi connectivity index (χ0v) is 15.5. The first-order valence-corrected chi connectivity index (χ1v) is 9.18. The Labute approximate surface area is 169 Å². The van der Waals surface area contributed by atoms with E-state index in [0.717, 1.165) is 6.26 Å². The van der Waals surface area contributed by atoms with E-state index >= 15 is 0 Å².